The Hall–Kier alpha value is -3.90. The highest BCUT2D eigenvalue weighted by atomic mass is 35.5. The Bertz CT molecular complexity index is 1480. The summed E-state index contributed by atoms with van der Waals surface area (Å²) in [6, 6.07) is 21.6. The molecule has 0 spiro atoms. The Morgan fingerprint density at radius 3 is 2.34 bits per heavy atom. The average Bonchev–Trinajstić information content (AvgIpc) is 2.87. The molecule has 178 valence electrons. The standard InChI is InChI=1S/C28H25ClN2O4/c1-4-23(26(32)30-22-16-19(29)15-14-17(22)2)35-28(34)25-24(18-10-6-5-7-11-18)20-12-8-9-13-21(20)27(33)31(25)3/h5-16,23H,4H2,1-3H3,(H,30,32). The minimum Gasteiger partial charge on any atom is -0.448 e. The van der Waals surface area contributed by atoms with Crippen LogP contribution < -0.4 is 10.9 Å². The molecule has 6 nitrogen and oxygen atoms in total. The fourth-order valence-electron chi connectivity index (χ4n) is 4.05. The van der Waals surface area contributed by atoms with Crippen LogP contribution in [0.4, 0.5) is 5.69 Å². The van der Waals surface area contributed by atoms with Gasteiger partial charge >= 0.3 is 5.97 Å². The summed E-state index contributed by atoms with van der Waals surface area (Å²) < 4.78 is 6.98. The van der Waals surface area contributed by atoms with Crippen LogP contribution in [0.25, 0.3) is 21.9 Å². The number of aryl methyl sites for hydroxylation is 1. The van der Waals surface area contributed by atoms with E-state index in [1.807, 2.05) is 49.4 Å². The number of hydrogen-bond acceptors (Lipinski definition) is 4. The molecule has 1 amide bonds. The number of benzene rings is 3. The molecule has 0 fully saturated rings. The first-order valence-corrected chi connectivity index (χ1v) is 11.6. The van der Waals surface area contributed by atoms with Crippen molar-refractivity contribution in [1.82, 2.24) is 4.57 Å². The fraction of sp³-hybridized carbons (Fsp3) is 0.179. The summed E-state index contributed by atoms with van der Waals surface area (Å²) in [4.78, 5) is 39.6. The zero-order chi connectivity index (χ0) is 25.1. The van der Waals surface area contributed by atoms with E-state index in [2.05, 4.69) is 5.32 Å². The van der Waals surface area contributed by atoms with E-state index in [1.54, 1.807) is 37.3 Å². The van der Waals surface area contributed by atoms with Gasteiger partial charge in [-0.15, -0.1) is 0 Å². The van der Waals surface area contributed by atoms with Crippen molar-refractivity contribution in [3.63, 3.8) is 0 Å². The zero-order valence-electron chi connectivity index (χ0n) is 19.7. The highest BCUT2D eigenvalue weighted by Gasteiger charge is 2.28. The number of amides is 1. The summed E-state index contributed by atoms with van der Waals surface area (Å²) in [6.45, 7) is 3.59. The van der Waals surface area contributed by atoms with Crippen LogP contribution in [0.5, 0.6) is 0 Å². The van der Waals surface area contributed by atoms with Crippen molar-refractivity contribution in [1.29, 1.82) is 0 Å². The highest BCUT2D eigenvalue weighted by molar-refractivity contribution is 6.31. The molecule has 0 bridgehead atoms. The Morgan fingerprint density at radius 1 is 1.00 bits per heavy atom. The largest absolute Gasteiger partial charge is 0.448 e. The first kappa shape index (κ1) is 24.2. The van der Waals surface area contributed by atoms with E-state index in [9.17, 15) is 14.4 Å². The summed E-state index contributed by atoms with van der Waals surface area (Å²) in [7, 11) is 1.54. The van der Waals surface area contributed by atoms with Crippen molar-refractivity contribution in [2.24, 2.45) is 7.05 Å². The number of rotatable bonds is 6. The Balaban J connectivity index is 1.75. The normalized spacial score (nSPS) is 11.8. The summed E-state index contributed by atoms with van der Waals surface area (Å²) in [5.41, 5.74) is 2.48. The number of hydrogen-bond donors (Lipinski definition) is 1. The van der Waals surface area contributed by atoms with Crippen molar-refractivity contribution in [2.75, 3.05) is 5.32 Å². The lowest BCUT2D eigenvalue weighted by atomic mass is 9.97. The minimum atomic E-state index is -1.06. The number of anilines is 1. The number of pyridine rings is 1. The Morgan fingerprint density at radius 2 is 1.66 bits per heavy atom. The summed E-state index contributed by atoms with van der Waals surface area (Å²) in [6.07, 6.45) is -0.814. The molecule has 7 heteroatoms. The van der Waals surface area contributed by atoms with Crippen LogP contribution in [0.15, 0.2) is 77.6 Å². The van der Waals surface area contributed by atoms with Crippen LogP contribution in [0, 0.1) is 6.92 Å². The van der Waals surface area contributed by atoms with Gasteiger partial charge in [0.05, 0.1) is 0 Å². The van der Waals surface area contributed by atoms with Crippen molar-refractivity contribution in [2.45, 2.75) is 26.4 Å². The summed E-state index contributed by atoms with van der Waals surface area (Å²) >= 11 is 6.06. The molecular formula is C28H25ClN2O4. The van der Waals surface area contributed by atoms with Gasteiger partial charge in [-0.1, -0.05) is 73.1 Å². The molecule has 3 aromatic carbocycles. The van der Waals surface area contributed by atoms with E-state index in [0.717, 1.165) is 11.1 Å². The number of nitrogens with zero attached hydrogens (tertiary/aromatic N) is 1. The molecule has 0 saturated carbocycles. The third-order valence-electron chi connectivity index (χ3n) is 5.93. The van der Waals surface area contributed by atoms with Gasteiger partial charge in [0.15, 0.2) is 6.10 Å². The first-order valence-electron chi connectivity index (χ1n) is 11.3. The number of esters is 1. The molecule has 35 heavy (non-hydrogen) atoms. The molecule has 1 aromatic heterocycles. The molecule has 4 rings (SSSR count). The van der Waals surface area contributed by atoms with Crippen LogP contribution in [0.3, 0.4) is 0 Å². The number of fused-ring (bicyclic) bond motifs is 1. The molecule has 0 aliphatic rings. The number of aromatic nitrogens is 1. The lowest BCUT2D eigenvalue weighted by Crippen LogP contribution is -2.34. The average molecular weight is 489 g/mol. The summed E-state index contributed by atoms with van der Waals surface area (Å²) in [5, 5.41) is 4.40. The number of nitrogens with one attached hydrogen (secondary N) is 1. The van der Waals surface area contributed by atoms with Gasteiger partial charge in [-0.25, -0.2) is 4.79 Å². The molecule has 0 saturated heterocycles. The van der Waals surface area contributed by atoms with Crippen LogP contribution >= 0.6 is 11.6 Å². The Kier molecular flexibility index (Phi) is 7.03. The van der Waals surface area contributed by atoms with Crippen molar-refractivity contribution in [3.05, 3.63) is 99.4 Å². The van der Waals surface area contributed by atoms with Crippen LogP contribution in [0.1, 0.15) is 29.4 Å². The molecule has 0 radical (unpaired) electrons. The quantitative estimate of drug-likeness (QED) is 0.351. The van der Waals surface area contributed by atoms with Gasteiger partial charge in [0.1, 0.15) is 5.69 Å². The smallest absolute Gasteiger partial charge is 0.356 e. The maximum Gasteiger partial charge on any atom is 0.356 e. The van der Waals surface area contributed by atoms with Gasteiger partial charge in [-0.3, -0.25) is 9.59 Å². The van der Waals surface area contributed by atoms with E-state index in [0.29, 0.717) is 27.0 Å². The number of ether oxygens (including phenoxy) is 1. The molecule has 1 unspecified atom stereocenters. The maximum atomic E-state index is 13.5. The molecule has 4 aromatic rings. The second kappa shape index (κ2) is 10.2. The third kappa shape index (κ3) is 4.84. The molecule has 0 aliphatic carbocycles. The van der Waals surface area contributed by atoms with Crippen molar-refractivity contribution < 1.29 is 14.3 Å². The van der Waals surface area contributed by atoms with Gasteiger partial charge in [0.25, 0.3) is 11.5 Å². The summed E-state index contributed by atoms with van der Waals surface area (Å²) in [5.74, 6) is -1.22. The van der Waals surface area contributed by atoms with Crippen LogP contribution in [-0.2, 0) is 16.6 Å². The van der Waals surface area contributed by atoms with E-state index in [-0.39, 0.29) is 17.7 Å². The monoisotopic (exact) mass is 488 g/mol. The van der Waals surface area contributed by atoms with Gasteiger partial charge < -0.3 is 14.6 Å². The van der Waals surface area contributed by atoms with Gasteiger partial charge in [-0.2, -0.15) is 0 Å². The second-order valence-electron chi connectivity index (χ2n) is 8.25. The van der Waals surface area contributed by atoms with Gasteiger partial charge in [-0.05, 0) is 48.1 Å². The topological polar surface area (TPSA) is 77.4 Å². The first-order chi connectivity index (χ1) is 16.8. The highest BCUT2D eigenvalue weighted by Crippen LogP contribution is 2.31. The van der Waals surface area contributed by atoms with E-state index >= 15 is 0 Å². The van der Waals surface area contributed by atoms with Crippen LogP contribution in [-0.4, -0.2) is 22.5 Å². The molecule has 0 aliphatic heterocycles. The molecule has 1 heterocycles. The van der Waals surface area contributed by atoms with Gasteiger partial charge in [0.2, 0.25) is 0 Å². The minimum absolute atomic E-state index is 0.0880. The van der Waals surface area contributed by atoms with Crippen molar-refractivity contribution in [3.8, 4) is 11.1 Å². The van der Waals surface area contributed by atoms with E-state index in [1.165, 1.54) is 11.6 Å². The SMILES string of the molecule is CCC(OC(=O)c1c(-c2ccccc2)c2ccccc2c(=O)n1C)C(=O)Nc1cc(Cl)ccc1C. The molecule has 1 N–H and O–H groups in total. The van der Waals surface area contributed by atoms with E-state index in [4.69, 9.17) is 16.3 Å². The molecular weight excluding hydrogens is 464 g/mol. The Labute approximate surface area is 208 Å². The van der Waals surface area contributed by atoms with Crippen LogP contribution in [0.2, 0.25) is 5.02 Å². The second-order valence-corrected chi connectivity index (χ2v) is 8.69. The fourth-order valence-corrected chi connectivity index (χ4v) is 4.22. The van der Waals surface area contributed by atoms with E-state index < -0.39 is 18.0 Å². The lowest BCUT2D eigenvalue weighted by Gasteiger charge is -2.20. The number of carbonyl (C=O) groups excluding carboxylic acids is 2. The van der Waals surface area contributed by atoms with Crippen molar-refractivity contribution >= 4 is 39.9 Å². The third-order valence-corrected chi connectivity index (χ3v) is 6.16. The predicted octanol–water partition coefficient (Wildman–Crippen LogP) is 5.74. The number of halogens is 1. The molecule has 1 atom stereocenters. The zero-order valence-corrected chi connectivity index (χ0v) is 20.4. The van der Waals surface area contributed by atoms with Gasteiger partial charge in [0, 0.05) is 28.7 Å². The maximum absolute atomic E-state index is 13.5. The lowest BCUT2D eigenvalue weighted by molar-refractivity contribution is -0.124. The number of carbonyl (C=O) groups is 2. The predicted molar refractivity (Wildman–Crippen MR) is 139 cm³/mol.